The van der Waals surface area contributed by atoms with Crippen molar-refractivity contribution < 1.29 is 17.4 Å². The SMILES string of the molecule is CC(C)(C)[S@@](=O)NC/C=C/c1ccc(C(F)(F)F)cc1. The number of halogens is 3. The van der Waals surface area contributed by atoms with Crippen LogP contribution in [0.15, 0.2) is 30.3 Å². The second-order valence-corrected chi connectivity index (χ2v) is 7.30. The van der Waals surface area contributed by atoms with Crippen LogP contribution in [0.3, 0.4) is 0 Å². The molecule has 1 atom stereocenters. The highest BCUT2D eigenvalue weighted by molar-refractivity contribution is 7.84. The molecule has 6 heteroatoms. The molecule has 0 fully saturated rings. The molecule has 1 N–H and O–H groups in total. The van der Waals surface area contributed by atoms with Crippen molar-refractivity contribution >= 4 is 17.1 Å². The van der Waals surface area contributed by atoms with Crippen LogP contribution in [-0.4, -0.2) is 15.5 Å². The molecule has 1 rings (SSSR count). The van der Waals surface area contributed by atoms with Crippen LogP contribution in [-0.2, 0) is 17.2 Å². The number of hydrogen-bond acceptors (Lipinski definition) is 1. The highest BCUT2D eigenvalue weighted by Crippen LogP contribution is 2.29. The lowest BCUT2D eigenvalue weighted by Crippen LogP contribution is -2.33. The lowest BCUT2D eigenvalue weighted by molar-refractivity contribution is -0.137. The third kappa shape index (κ3) is 5.46. The van der Waals surface area contributed by atoms with E-state index in [0.29, 0.717) is 12.1 Å². The van der Waals surface area contributed by atoms with Crippen LogP contribution in [0.1, 0.15) is 31.9 Å². The molecule has 0 amide bonds. The first-order valence-corrected chi connectivity index (χ1v) is 7.25. The Hall–Kier alpha value is -1.14. The van der Waals surface area contributed by atoms with Gasteiger partial charge in [-0.15, -0.1) is 0 Å². The zero-order chi connectivity index (χ0) is 15.4. The Morgan fingerprint density at radius 1 is 1.15 bits per heavy atom. The van der Waals surface area contributed by atoms with Gasteiger partial charge in [-0.05, 0) is 38.5 Å². The van der Waals surface area contributed by atoms with E-state index in [1.807, 2.05) is 20.8 Å². The van der Waals surface area contributed by atoms with Gasteiger partial charge in [0.25, 0.3) is 0 Å². The molecule has 20 heavy (non-hydrogen) atoms. The fourth-order valence-electron chi connectivity index (χ4n) is 1.32. The Bertz CT molecular complexity index is 487. The van der Waals surface area contributed by atoms with Gasteiger partial charge >= 0.3 is 6.18 Å². The Morgan fingerprint density at radius 2 is 1.70 bits per heavy atom. The van der Waals surface area contributed by atoms with E-state index >= 15 is 0 Å². The largest absolute Gasteiger partial charge is 0.416 e. The smallest absolute Gasteiger partial charge is 0.242 e. The van der Waals surface area contributed by atoms with E-state index in [1.54, 1.807) is 12.2 Å². The Balaban J connectivity index is 2.54. The van der Waals surface area contributed by atoms with Gasteiger partial charge in [0.05, 0.1) is 21.3 Å². The highest BCUT2D eigenvalue weighted by Gasteiger charge is 2.29. The van der Waals surface area contributed by atoms with Crippen molar-refractivity contribution in [2.24, 2.45) is 0 Å². The second-order valence-electron chi connectivity index (χ2n) is 5.25. The first kappa shape index (κ1) is 16.9. The summed E-state index contributed by atoms with van der Waals surface area (Å²) in [4.78, 5) is 0. The number of benzene rings is 1. The maximum Gasteiger partial charge on any atom is 0.416 e. The minimum absolute atomic E-state index is 0.345. The van der Waals surface area contributed by atoms with Gasteiger partial charge in [-0.2, -0.15) is 13.2 Å². The van der Waals surface area contributed by atoms with Gasteiger partial charge < -0.3 is 0 Å². The van der Waals surface area contributed by atoms with Crippen molar-refractivity contribution in [3.05, 3.63) is 41.5 Å². The van der Waals surface area contributed by atoms with Crippen LogP contribution in [0, 0.1) is 0 Å². The standard InChI is InChI=1S/C14H18F3NOS/c1-13(2,3)20(19)18-10-4-5-11-6-8-12(9-7-11)14(15,16)17/h4-9,18H,10H2,1-3H3/b5-4+/t20-/m1/s1. The lowest BCUT2D eigenvalue weighted by Gasteiger charge is -2.17. The van der Waals surface area contributed by atoms with Crippen LogP contribution < -0.4 is 4.72 Å². The van der Waals surface area contributed by atoms with Crippen molar-refractivity contribution in [1.82, 2.24) is 4.72 Å². The quantitative estimate of drug-likeness (QED) is 0.901. The maximum absolute atomic E-state index is 12.4. The van der Waals surface area contributed by atoms with Crippen molar-refractivity contribution in [3.63, 3.8) is 0 Å². The zero-order valence-corrected chi connectivity index (χ0v) is 12.4. The summed E-state index contributed by atoms with van der Waals surface area (Å²) in [6, 6.07) is 4.89. The molecule has 0 spiro atoms. The number of rotatable bonds is 4. The number of nitrogens with one attached hydrogen (secondary N) is 1. The summed E-state index contributed by atoms with van der Waals surface area (Å²) >= 11 is 0. The molecular formula is C14H18F3NOS. The van der Waals surface area contributed by atoms with E-state index in [4.69, 9.17) is 0 Å². The van der Waals surface area contributed by atoms with Crippen LogP contribution in [0.5, 0.6) is 0 Å². The van der Waals surface area contributed by atoms with Crippen LogP contribution in [0.4, 0.5) is 13.2 Å². The Morgan fingerprint density at radius 3 is 2.15 bits per heavy atom. The van der Waals surface area contributed by atoms with Crippen molar-refractivity contribution in [3.8, 4) is 0 Å². The van der Waals surface area contributed by atoms with E-state index in [0.717, 1.165) is 12.1 Å². The van der Waals surface area contributed by atoms with Crippen LogP contribution >= 0.6 is 0 Å². The van der Waals surface area contributed by atoms with Crippen molar-refractivity contribution in [1.29, 1.82) is 0 Å². The average molecular weight is 305 g/mol. The first-order chi connectivity index (χ1) is 9.10. The van der Waals surface area contributed by atoms with Crippen LogP contribution in [0.2, 0.25) is 0 Å². The molecule has 1 aromatic carbocycles. The van der Waals surface area contributed by atoms with Gasteiger partial charge in [-0.25, -0.2) is 8.93 Å². The number of alkyl halides is 3. The Labute approximate surface area is 119 Å². The molecule has 0 radical (unpaired) electrons. The van der Waals surface area contributed by atoms with Gasteiger partial charge in [-0.3, -0.25) is 0 Å². The molecular weight excluding hydrogens is 287 g/mol. The molecule has 112 valence electrons. The predicted octanol–water partition coefficient (Wildman–Crippen LogP) is 3.77. The zero-order valence-electron chi connectivity index (χ0n) is 11.6. The molecule has 0 unspecified atom stereocenters. The third-order valence-corrected chi connectivity index (χ3v) is 3.98. The summed E-state index contributed by atoms with van der Waals surface area (Å²) in [6.45, 7) is 5.96. The summed E-state index contributed by atoms with van der Waals surface area (Å²) in [5.74, 6) is 0. The summed E-state index contributed by atoms with van der Waals surface area (Å²) < 4.78 is 51.3. The summed E-state index contributed by atoms with van der Waals surface area (Å²) in [6.07, 6.45) is -0.896. The molecule has 0 aliphatic rings. The fraction of sp³-hybridized carbons (Fsp3) is 0.429. The van der Waals surface area contributed by atoms with Gasteiger partial charge in [0.15, 0.2) is 0 Å². The van der Waals surface area contributed by atoms with Gasteiger partial charge in [0.2, 0.25) is 0 Å². The Kier molecular flexibility index (Phi) is 5.53. The maximum atomic E-state index is 12.4. The summed E-state index contributed by atoms with van der Waals surface area (Å²) in [5, 5.41) is 0. The van der Waals surface area contributed by atoms with Crippen molar-refractivity contribution in [2.75, 3.05) is 6.54 Å². The molecule has 2 nitrogen and oxygen atoms in total. The van der Waals surface area contributed by atoms with E-state index in [1.165, 1.54) is 12.1 Å². The second kappa shape index (κ2) is 6.54. The molecule has 0 saturated carbocycles. The van der Waals surface area contributed by atoms with E-state index in [-0.39, 0.29) is 4.75 Å². The first-order valence-electron chi connectivity index (χ1n) is 6.10. The average Bonchev–Trinajstić information content (AvgIpc) is 2.32. The molecule has 0 bridgehead atoms. The highest BCUT2D eigenvalue weighted by atomic mass is 32.2. The molecule has 0 aliphatic carbocycles. The summed E-state index contributed by atoms with van der Waals surface area (Å²) in [5.41, 5.74) is 0.00273. The van der Waals surface area contributed by atoms with Gasteiger partial charge in [0, 0.05) is 6.54 Å². The normalized spacial score (nSPS) is 14.7. The van der Waals surface area contributed by atoms with Crippen LogP contribution in [0.25, 0.3) is 6.08 Å². The van der Waals surface area contributed by atoms with E-state index in [2.05, 4.69) is 4.72 Å². The molecule has 0 heterocycles. The minimum Gasteiger partial charge on any atom is -0.242 e. The molecule has 0 aliphatic heterocycles. The van der Waals surface area contributed by atoms with Crippen molar-refractivity contribution in [2.45, 2.75) is 31.7 Å². The summed E-state index contributed by atoms with van der Waals surface area (Å²) in [7, 11) is -1.16. The van der Waals surface area contributed by atoms with Gasteiger partial charge in [-0.1, -0.05) is 24.3 Å². The monoisotopic (exact) mass is 305 g/mol. The molecule has 1 aromatic rings. The molecule has 0 aromatic heterocycles. The third-order valence-electron chi connectivity index (χ3n) is 2.44. The number of hydrogen-bond donors (Lipinski definition) is 1. The van der Waals surface area contributed by atoms with E-state index in [9.17, 15) is 17.4 Å². The minimum atomic E-state index is -4.31. The topological polar surface area (TPSA) is 29.1 Å². The molecule has 0 saturated heterocycles. The fourth-order valence-corrected chi connectivity index (χ4v) is 2.00. The lowest BCUT2D eigenvalue weighted by atomic mass is 10.1. The van der Waals surface area contributed by atoms with E-state index < -0.39 is 22.7 Å². The predicted molar refractivity (Wildman–Crippen MR) is 76.4 cm³/mol. The van der Waals surface area contributed by atoms with Gasteiger partial charge in [0.1, 0.15) is 0 Å².